The molecule has 3 fully saturated rings. The fourth-order valence-corrected chi connectivity index (χ4v) is 4.16. The van der Waals surface area contributed by atoms with E-state index in [1.54, 1.807) is 0 Å². The third-order valence-corrected chi connectivity index (χ3v) is 4.82. The van der Waals surface area contributed by atoms with Crippen molar-refractivity contribution in [1.29, 1.82) is 0 Å². The van der Waals surface area contributed by atoms with E-state index in [-0.39, 0.29) is 12.0 Å². The van der Waals surface area contributed by atoms with E-state index in [0.29, 0.717) is 11.7 Å². The van der Waals surface area contributed by atoms with Crippen LogP contribution >= 0.6 is 0 Å². The molecule has 3 aliphatic rings. The SMILES string of the molecule is CCOC1CCC2CC3CC2CC1C3=O. The van der Waals surface area contributed by atoms with Gasteiger partial charge in [0.15, 0.2) is 0 Å². The fourth-order valence-electron chi connectivity index (χ4n) is 4.16. The van der Waals surface area contributed by atoms with Crippen LogP contribution in [-0.2, 0) is 9.53 Å². The van der Waals surface area contributed by atoms with Crippen molar-refractivity contribution in [1.82, 2.24) is 0 Å². The Morgan fingerprint density at radius 1 is 1.20 bits per heavy atom. The lowest BCUT2D eigenvalue weighted by Crippen LogP contribution is -2.37. The van der Waals surface area contributed by atoms with Gasteiger partial charge in [-0.05, 0) is 50.9 Å². The lowest BCUT2D eigenvalue weighted by Gasteiger charge is -2.30. The van der Waals surface area contributed by atoms with Gasteiger partial charge in [-0.1, -0.05) is 0 Å². The van der Waals surface area contributed by atoms with E-state index in [0.717, 1.165) is 31.3 Å². The molecule has 15 heavy (non-hydrogen) atoms. The Hall–Kier alpha value is -0.370. The summed E-state index contributed by atoms with van der Waals surface area (Å²) in [6.07, 6.45) is 6.19. The molecular weight excluding hydrogens is 188 g/mol. The van der Waals surface area contributed by atoms with Crippen LogP contribution in [0.2, 0.25) is 0 Å². The maximum absolute atomic E-state index is 12.2. The Labute approximate surface area is 91.4 Å². The van der Waals surface area contributed by atoms with Crippen LogP contribution < -0.4 is 0 Å². The molecule has 3 saturated carbocycles. The van der Waals surface area contributed by atoms with Crippen LogP contribution in [0.3, 0.4) is 0 Å². The van der Waals surface area contributed by atoms with Gasteiger partial charge in [0, 0.05) is 18.4 Å². The summed E-state index contributed by atoms with van der Waals surface area (Å²) in [6.45, 7) is 2.80. The zero-order chi connectivity index (χ0) is 10.4. The molecule has 5 unspecified atom stereocenters. The molecule has 0 aliphatic heterocycles. The average molecular weight is 208 g/mol. The molecule has 0 aromatic rings. The van der Waals surface area contributed by atoms with Gasteiger partial charge >= 0.3 is 0 Å². The van der Waals surface area contributed by atoms with E-state index in [9.17, 15) is 4.79 Å². The van der Waals surface area contributed by atoms with Gasteiger partial charge in [0.05, 0.1) is 6.10 Å². The largest absolute Gasteiger partial charge is 0.378 e. The number of rotatable bonds is 2. The van der Waals surface area contributed by atoms with Crippen LogP contribution in [0.15, 0.2) is 0 Å². The van der Waals surface area contributed by atoms with E-state index in [4.69, 9.17) is 4.74 Å². The second kappa shape index (κ2) is 3.58. The number of carbonyl (C=O) groups is 1. The molecule has 3 aliphatic carbocycles. The molecule has 3 rings (SSSR count). The molecule has 0 amide bonds. The van der Waals surface area contributed by atoms with Crippen molar-refractivity contribution >= 4 is 5.78 Å². The number of hydrogen-bond acceptors (Lipinski definition) is 2. The van der Waals surface area contributed by atoms with Crippen LogP contribution in [-0.4, -0.2) is 18.5 Å². The summed E-state index contributed by atoms with van der Waals surface area (Å²) in [7, 11) is 0. The fraction of sp³-hybridized carbons (Fsp3) is 0.923. The highest BCUT2D eigenvalue weighted by molar-refractivity contribution is 5.85. The Morgan fingerprint density at radius 2 is 2.00 bits per heavy atom. The minimum absolute atomic E-state index is 0.248. The van der Waals surface area contributed by atoms with Crippen LogP contribution in [0.25, 0.3) is 0 Å². The van der Waals surface area contributed by atoms with Gasteiger partial charge < -0.3 is 4.74 Å². The summed E-state index contributed by atoms with van der Waals surface area (Å²) < 4.78 is 5.77. The highest BCUT2D eigenvalue weighted by Gasteiger charge is 2.50. The molecule has 0 radical (unpaired) electrons. The Kier molecular flexibility index (Phi) is 2.35. The number of hydrogen-bond donors (Lipinski definition) is 0. The van der Waals surface area contributed by atoms with Gasteiger partial charge in [0.25, 0.3) is 0 Å². The second-order valence-electron chi connectivity index (χ2n) is 5.50. The molecule has 0 aromatic heterocycles. The molecule has 0 heterocycles. The summed E-state index contributed by atoms with van der Waals surface area (Å²) in [5, 5.41) is 0. The van der Waals surface area contributed by atoms with Crippen molar-refractivity contribution < 1.29 is 9.53 Å². The van der Waals surface area contributed by atoms with Crippen LogP contribution in [0, 0.1) is 23.7 Å². The van der Waals surface area contributed by atoms with Gasteiger partial charge in [-0.15, -0.1) is 0 Å². The van der Waals surface area contributed by atoms with E-state index in [1.165, 1.54) is 19.3 Å². The van der Waals surface area contributed by atoms with E-state index in [2.05, 4.69) is 0 Å². The lowest BCUT2D eigenvalue weighted by molar-refractivity contribution is -0.135. The third-order valence-electron chi connectivity index (χ3n) is 4.82. The summed E-state index contributed by atoms with van der Waals surface area (Å²) in [5.74, 6) is 2.88. The molecule has 0 saturated heterocycles. The van der Waals surface area contributed by atoms with Gasteiger partial charge in [0.1, 0.15) is 5.78 Å². The second-order valence-corrected chi connectivity index (χ2v) is 5.50. The highest BCUT2D eigenvalue weighted by Crippen LogP contribution is 2.52. The van der Waals surface area contributed by atoms with E-state index in [1.807, 2.05) is 6.92 Å². The average Bonchev–Trinajstić information content (AvgIpc) is 2.51. The van der Waals surface area contributed by atoms with Gasteiger partial charge in [-0.2, -0.15) is 0 Å². The summed E-state index contributed by atoms with van der Waals surface area (Å²) in [6, 6.07) is 0. The Balaban J connectivity index is 1.85. The quantitative estimate of drug-likeness (QED) is 0.696. The van der Waals surface area contributed by atoms with Crippen molar-refractivity contribution in [2.45, 2.75) is 45.1 Å². The van der Waals surface area contributed by atoms with Gasteiger partial charge in [-0.3, -0.25) is 4.79 Å². The smallest absolute Gasteiger partial charge is 0.141 e. The topological polar surface area (TPSA) is 26.3 Å². The molecule has 2 nitrogen and oxygen atoms in total. The monoisotopic (exact) mass is 208 g/mol. The number of fused-ring (bicyclic) bond motifs is 2. The Morgan fingerprint density at radius 3 is 2.80 bits per heavy atom. The minimum Gasteiger partial charge on any atom is -0.378 e. The summed E-state index contributed by atoms with van der Waals surface area (Å²) in [4.78, 5) is 12.2. The molecule has 0 N–H and O–H groups in total. The molecule has 0 spiro atoms. The van der Waals surface area contributed by atoms with Crippen molar-refractivity contribution in [3.8, 4) is 0 Å². The van der Waals surface area contributed by atoms with Crippen LogP contribution in [0.1, 0.15) is 39.0 Å². The first kappa shape index (κ1) is 9.83. The van der Waals surface area contributed by atoms with Crippen molar-refractivity contribution in [3.05, 3.63) is 0 Å². The lowest BCUT2D eigenvalue weighted by atomic mass is 9.77. The first-order chi connectivity index (χ1) is 7.29. The maximum Gasteiger partial charge on any atom is 0.141 e. The van der Waals surface area contributed by atoms with Gasteiger partial charge in [-0.25, -0.2) is 0 Å². The number of Topliss-reactive ketones (excluding diaryl/α,β-unsaturated/α-hetero) is 1. The first-order valence-corrected chi connectivity index (χ1v) is 6.45. The predicted octanol–water partition coefficient (Wildman–Crippen LogP) is 2.42. The van der Waals surface area contributed by atoms with Crippen molar-refractivity contribution in [2.75, 3.05) is 6.61 Å². The van der Waals surface area contributed by atoms with E-state index >= 15 is 0 Å². The van der Waals surface area contributed by atoms with Gasteiger partial charge in [0.2, 0.25) is 0 Å². The van der Waals surface area contributed by atoms with Crippen LogP contribution in [0.4, 0.5) is 0 Å². The highest BCUT2D eigenvalue weighted by atomic mass is 16.5. The number of ketones is 1. The standard InChI is InChI=1S/C13H20O2/c1-2-15-12-4-3-8-5-10-6-9(8)7-11(12)13(10)14/h8-12H,2-7H2,1H3. The molecule has 3 bridgehead atoms. The normalized spacial score (nSPS) is 48.3. The number of ether oxygens (including phenoxy) is 1. The van der Waals surface area contributed by atoms with E-state index < -0.39 is 0 Å². The summed E-state index contributed by atoms with van der Waals surface area (Å²) in [5.41, 5.74) is 0. The third kappa shape index (κ3) is 1.45. The molecule has 84 valence electrons. The molecule has 2 heteroatoms. The molecule has 0 aromatic carbocycles. The molecule has 5 atom stereocenters. The molecular formula is C13H20O2. The number of carbonyl (C=O) groups excluding carboxylic acids is 1. The minimum atomic E-state index is 0.248. The van der Waals surface area contributed by atoms with Crippen molar-refractivity contribution in [2.24, 2.45) is 23.7 Å². The Bertz CT molecular complexity index is 274. The first-order valence-electron chi connectivity index (χ1n) is 6.45. The maximum atomic E-state index is 12.2. The van der Waals surface area contributed by atoms with Crippen molar-refractivity contribution in [3.63, 3.8) is 0 Å². The van der Waals surface area contributed by atoms with Crippen LogP contribution in [0.5, 0.6) is 0 Å². The summed E-state index contributed by atoms with van der Waals surface area (Å²) >= 11 is 0. The zero-order valence-corrected chi connectivity index (χ0v) is 9.45. The predicted molar refractivity (Wildman–Crippen MR) is 57.5 cm³/mol. The zero-order valence-electron chi connectivity index (χ0n) is 9.45.